The van der Waals surface area contributed by atoms with Gasteiger partial charge in [0.05, 0.1) is 6.54 Å². The van der Waals surface area contributed by atoms with Gasteiger partial charge in [-0.15, -0.1) is 24.0 Å². The summed E-state index contributed by atoms with van der Waals surface area (Å²) in [5, 5.41) is 10.4. The van der Waals surface area contributed by atoms with Gasteiger partial charge in [0.2, 0.25) is 0 Å². The molecule has 30 heavy (non-hydrogen) atoms. The first-order valence-electron chi connectivity index (χ1n) is 11.2. The lowest BCUT2D eigenvalue weighted by molar-refractivity contribution is 0.0203. The number of anilines is 1. The third kappa shape index (κ3) is 11.4. The van der Waals surface area contributed by atoms with Gasteiger partial charge in [0.1, 0.15) is 0 Å². The molecule has 0 spiro atoms. The number of benzene rings is 1. The zero-order chi connectivity index (χ0) is 20.7. The third-order valence-corrected chi connectivity index (χ3v) is 5.17. The first-order chi connectivity index (χ1) is 14.2. The molecular weight excluding hydrogens is 491 g/mol. The Hall–Kier alpha value is -1.06. The standard InChI is InChI=1S/C23H40N4O2.HI/c1-4-24-23(25-13-8-14-29-18-20-11-15-28-16-12-20)26-17-22(19(2)3)27-21-9-6-5-7-10-21;/h5-7,9-10,19-20,22,27H,4,8,11-18H2,1-3H3,(H2,24,25,26);1H. The molecule has 1 aliphatic heterocycles. The molecule has 1 fully saturated rings. The van der Waals surface area contributed by atoms with Gasteiger partial charge in [-0.3, -0.25) is 4.99 Å². The quantitative estimate of drug-likeness (QED) is 0.164. The summed E-state index contributed by atoms with van der Waals surface area (Å²) in [5.74, 6) is 2.03. The Morgan fingerprint density at radius 2 is 1.90 bits per heavy atom. The maximum atomic E-state index is 5.85. The predicted molar refractivity (Wildman–Crippen MR) is 137 cm³/mol. The summed E-state index contributed by atoms with van der Waals surface area (Å²) in [4.78, 5) is 4.80. The minimum atomic E-state index is 0. The van der Waals surface area contributed by atoms with Gasteiger partial charge in [-0.2, -0.15) is 0 Å². The van der Waals surface area contributed by atoms with Crippen LogP contribution in [0.5, 0.6) is 0 Å². The molecule has 1 aromatic carbocycles. The smallest absolute Gasteiger partial charge is 0.191 e. The summed E-state index contributed by atoms with van der Waals surface area (Å²) in [6.45, 7) is 12.4. The Balaban J connectivity index is 0.00000450. The van der Waals surface area contributed by atoms with Gasteiger partial charge in [-0.1, -0.05) is 32.0 Å². The van der Waals surface area contributed by atoms with Crippen LogP contribution in [0.15, 0.2) is 35.3 Å². The molecule has 0 radical (unpaired) electrons. The molecule has 172 valence electrons. The third-order valence-electron chi connectivity index (χ3n) is 5.17. The molecule has 0 bridgehead atoms. The van der Waals surface area contributed by atoms with Crippen molar-refractivity contribution in [1.82, 2.24) is 10.6 Å². The van der Waals surface area contributed by atoms with Crippen LogP contribution in [0.1, 0.15) is 40.0 Å². The van der Waals surface area contributed by atoms with Gasteiger partial charge < -0.3 is 25.4 Å². The van der Waals surface area contributed by atoms with E-state index in [-0.39, 0.29) is 30.0 Å². The van der Waals surface area contributed by atoms with Crippen molar-refractivity contribution >= 4 is 35.6 Å². The van der Waals surface area contributed by atoms with Crippen LogP contribution in [0.4, 0.5) is 5.69 Å². The second-order valence-electron chi connectivity index (χ2n) is 7.99. The fourth-order valence-electron chi connectivity index (χ4n) is 3.25. The highest BCUT2D eigenvalue weighted by Gasteiger charge is 2.14. The molecule has 1 saturated heterocycles. The molecular formula is C23H41IN4O2. The topological polar surface area (TPSA) is 66.9 Å². The monoisotopic (exact) mass is 532 g/mol. The van der Waals surface area contributed by atoms with Crippen molar-refractivity contribution in [2.45, 2.75) is 46.1 Å². The average Bonchev–Trinajstić information content (AvgIpc) is 2.74. The van der Waals surface area contributed by atoms with Gasteiger partial charge in [0.25, 0.3) is 0 Å². The Morgan fingerprint density at radius 1 is 1.17 bits per heavy atom. The van der Waals surface area contributed by atoms with Gasteiger partial charge >= 0.3 is 0 Å². The lowest BCUT2D eigenvalue weighted by Crippen LogP contribution is -2.39. The summed E-state index contributed by atoms with van der Waals surface area (Å²) in [7, 11) is 0. The number of aliphatic imine (C=N–C) groups is 1. The highest BCUT2D eigenvalue weighted by Crippen LogP contribution is 2.15. The summed E-state index contributed by atoms with van der Waals surface area (Å²) >= 11 is 0. The highest BCUT2D eigenvalue weighted by molar-refractivity contribution is 14.0. The van der Waals surface area contributed by atoms with Crippen LogP contribution in [0.3, 0.4) is 0 Å². The maximum absolute atomic E-state index is 5.85. The fraction of sp³-hybridized carbons (Fsp3) is 0.696. The van der Waals surface area contributed by atoms with Crippen LogP contribution in [-0.2, 0) is 9.47 Å². The van der Waals surface area contributed by atoms with Crippen molar-refractivity contribution in [2.24, 2.45) is 16.8 Å². The highest BCUT2D eigenvalue weighted by atomic mass is 127. The van der Waals surface area contributed by atoms with E-state index in [1.165, 1.54) is 0 Å². The fourth-order valence-corrected chi connectivity index (χ4v) is 3.25. The predicted octanol–water partition coefficient (Wildman–Crippen LogP) is 4.13. The number of nitrogens with zero attached hydrogens (tertiary/aromatic N) is 1. The zero-order valence-electron chi connectivity index (χ0n) is 18.9. The van der Waals surface area contributed by atoms with Crippen molar-refractivity contribution < 1.29 is 9.47 Å². The Labute approximate surface area is 200 Å². The molecule has 2 rings (SSSR count). The second-order valence-corrected chi connectivity index (χ2v) is 7.99. The molecule has 1 atom stereocenters. The molecule has 7 heteroatoms. The van der Waals surface area contributed by atoms with Crippen LogP contribution in [0, 0.1) is 11.8 Å². The zero-order valence-corrected chi connectivity index (χ0v) is 21.2. The SMILES string of the molecule is CCNC(=NCC(Nc1ccccc1)C(C)C)NCCCOCC1CCOCC1.I. The Bertz CT molecular complexity index is 566. The average molecular weight is 533 g/mol. The van der Waals surface area contributed by atoms with Gasteiger partial charge in [0, 0.05) is 51.2 Å². The van der Waals surface area contributed by atoms with E-state index in [0.717, 1.165) is 77.0 Å². The number of halogens is 1. The number of ether oxygens (including phenoxy) is 2. The molecule has 6 nitrogen and oxygen atoms in total. The molecule has 0 saturated carbocycles. The first-order valence-corrected chi connectivity index (χ1v) is 11.2. The van der Waals surface area contributed by atoms with Crippen molar-refractivity contribution in [1.29, 1.82) is 0 Å². The van der Waals surface area contributed by atoms with E-state index >= 15 is 0 Å². The molecule has 1 aromatic rings. The number of rotatable bonds is 12. The first kappa shape index (κ1) is 27.0. The maximum Gasteiger partial charge on any atom is 0.191 e. The van der Waals surface area contributed by atoms with E-state index in [2.05, 4.69) is 61.0 Å². The summed E-state index contributed by atoms with van der Waals surface area (Å²) in [6, 6.07) is 10.6. The van der Waals surface area contributed by atoms with Crippen LogP contribution < -0.4 is 16.0 Å². The number of hydrogen-bond acceptors (Lipinski definition) is 4. The molecule has 1 unspecified atom stereocenters. The number of nitrogens with one attached hydrogen (secondary N) is 3. The van der Waals surface area contributed by atoms with Crippen molar-refractivity contribution in [3.63, 3.8) is 0 Å². The minimum Gasteiger partial charge on any atom is -0.381 e. The van der Waals surface area contributed by atoms with Gasteiger partial charge in [0.15, 0.2) is 5.96 Å². The van der Waals surface area contributed by atoms with E-state index in [1.807, 2.05) is 6.07 Å². The van der Waals surface area contributed by atoms with E-state index in [4.69, 9.17) is 14.5 Å². The Morgan fingerprint density at radius 3 is 2.57 bits per heavy atom. The number of guanidine groups is 1. The van der Waals surface area contributed by atoms with Gasteiger partial charge in [-0.05, 0) is 50.2 Å². The molecule has 0 amide bonds. The van der Waals surface area contributed by atoms with E-state index in [9.17, 15) is 0 Å². The van der Waals surface area contributed by atoms with E-state index in [1.54, 1.807) is 0 Å². The molecule has 0 aliphatic carbocycles. The van der Waals surface area contributed by atoms with Crippen molar-refractivity contribution in [3.8, 4) is 0 Å². The second kappa shape index (κ2) is 16.6. The Kier molecular flexibility index (Phi) is 14.9. The molecule has 3 N–H and O–H groups in total. The van der Waals surface area contributed by atoms with Crippen molar-refractivity contribution in [3.05, 3.63) is 30.3 Å². The summed E-state index contributed by atoms with van der Waals surface area (Å²) < 4.78 is 11.2. The lowest BCUT2D eigenvalue weighted by atomic mass is 10.0. The number of hydrogen-bond donors (Lipinski definition) is 3. The van der Waals surface area contributed by atoms with Crippen LogP contribution in [0.2, 0.25) is 0 Å². The summed E-state index contributed by atoms with van der Waals surface area (Å²) in [6.07, 6.45) is 3.23. The molecule has 1 aliphatic rings. The normalized spacial score (nSPS) is 16.1. The minimum absolute atomic E-state index is 0. The van der Waals surface area contributed by atoms with Crippen molar-refractivity contribution in [2.75, 3.05) is 51.4 Å². The lowest BCUT2D eigenvalue weighted by Gasteiger charge is -2.23. The van der Waals surface area contributed by atoms with Crippen LogP contribution >= 0.6 is 24.0 Å². The summed E-state index contributed by atoms with van der Waals surface area (Å²) in [5.41, 5.74) is 1.14. The van der Waals surface area contributed by atoms with E-state index < -0.39 is 0 Å². The molecule has 1 heterocycles. The van der Waals surface area contributed by atoms with Crippen LogP contribution in [0.25, 0.3) is 0 Å². The van der Waals surface area contributed by atoms with E-state index in [0.29, 0.717) is 11.8 Å². The largest absolute Gasteiger partial charge is 0.381 e. The van der Waals surface area contributed by atoms with Gasteiger partial charge in [-0.25, -0.2) is 0 Å². The van der Waals surface area contributed by atoms with Crippen LogP contribution in [-0.4, -0.2) is 58.1 Å². The number of para-hydroxylation sites is 1. The molecule has 0 aromatic heterocycles.